The molecule has 18 heavy (non-hydrogen) atoms. The molecule has 1 rings (SSSR count). The van der Waals surface area contributed by atoms with Crippen molar-refractivity contribution in [3.8, 4) is 0 Å². The van der Waals surface area contributed by atoms with E-state index in [1.54, 1.807) is 0 Å². The van der Waals surface area contributed by atoms with Crippen molar-refractivity contribution in [2.24, 2.45) is 0 Å². The summed E-state index contributed by atoms with van der Waals surface area (Å²) in [5.41, 5.74) is 2.54. The van der Waals surface area contributed by atoms with Crippen LogP contribution in [0.1, 0.15) is 52.3 Å². The van der Waals surface area contributed by atoms with E-state index in [-0.39, 0.29) is 5.41 Å². The predicted octanol–water partition coefficient (Wildman–Crippen LogP) is 3.31. The summed E-state index contributed by atoms with van der Waals surface area (Å²) < 4.78 is 0. The quantitative estimate of drug-likeness (QED) is 0.812. The summed E-state index contributed by atoms with van der Waals surface area (Å²) in [5.74, 6) is 0.997. The lowest BCUT2D eigenvalue weighted by atomic mass is 9.90. The Bertz CT molecular complexity index is 340. The molecule has 0 aliphatic rings. The van der Waals surface area contributed by atoms with Crippen molar-refractivity contribution in [3.63, 3.8) is 0 Å². The summed E-state index contributed by atoms with van der Waals surface area (Å²) in [6.07, 6.45) is 1.12. The second-order valence-corrected chi connectivity index (χ2v) is 5.70. The van der Waals surface area contributed by atoms with Crippen LogP contribution in [0, 0.1) is 0 Å². The maximum absolute atomic E-state index is 4.71. The first kappa shape index (κ1) is 15.0. The minimum absolute atomic E-state index is 0.0882. The minimum atomic E-state index is 0.0882. The van der Waals surface area contributed by atoms with E-state index in [4.69, 9.17) is 4.98 Å². The monoisotopic (exact) mass is 249 g/mol. The van der Waals surface area contributed by atoms with Gasteiger partial charge in [-0.05, 0) is 30.7 Å². The molecule has 0 aliphatic carbocycles. The summed E-state index contributed by atoms with van der Waals surface area (Å²) >= 11 is 0. The molecule has 0 aliphatic heterocycles. The van der Waals surface area contributed by atoms with Gasteiger partial charge in [-0.25, -0.2) is 4.98 Å². The number of hydrogen-bond donors (Lipinski definition) is 2. The van der Waals surface area contributed by atoms with E-state index in [1.807, 2.05) is 0 Å². The first-order chi connectivity index (χ1) is 8.47. The second kappa shape index (κ2) is 6.74. The number of anilines is 1. The molecule has 3 nitrogen and oxygen atoms in total. The molecular formula is C15H27N3. The van der Waals surface area contributed by atoms with Crippen LogP contribution in [0.25, 0.3) is 0 Å². The van der Waals surface area contributed by atoms with Crippen LogP contribution in [-0.2, 0) is 12.0 Å². The molecule has 0 unspecified atom stereocenters. The second-order valence-electron chi connectivity index (χ2n) is 5.70. The average molecular weight is 249 g/mol. The third kappa shape index (κ3) is 4.65. The van der Waals surface area contributed by atoms with E-state index in [0.29, 0.717) is 0 Å². The topological polar surface area (TPSA) is 37.0 Å². The molecule has 0 saturated carbocycles. The van der Waals surface area contributed by atoms with Crippen LogP contribution < -0.4 is 10.6 Å². The van der Waals surface area contributed by atoms with Gasteiger partial charge in [0.1, 0.15) is 5.82 Å². The number of pyridine rings is 1. The van der Waals surface area contributed by atoms with Gasteiger partial charge in [-0.3, -0.25) is 0 Å². The van der Waals surface area contributed by atoms with Crippen molar-refractivity contribution in [3.05, 3.63) is 23.4 Å². The summed E-state index contributed by atoms with van der Waals surface area (Å²) in [6.45, 7) is 13.8. The normalized spacial score (nSPS) is 11.6. The standard InChI is InChI=1S/C15H27N3/c1-6-8-17-14-10-12(11-16-7-2)9-13(18-14)15(3,4)5/h9-10,16H,6-8,11H2,1-5H3,(H,17,18). The first-order valence-electron chi connectivity index (χ1n) is 6.93. The number of rotatable bonds is 6. The van der Waals surface area contributed by atoms with Crippen molar-refractivity contribution in [1.82, 2.24) is 10.3 Å². The Labute approximate surface area is 111 Å². The molecule has 0 saturated heterocycles. The molecule has 102 valence electrons. The molecule has 0 spiro atoms. The van der Waals surface area contributed by atoms with Crippen molar-refractivity contribution < 1.29 is 0 Å². The molecule has 0 amide bonds. The van der Waals surface area contributed by atoms with E-state index in [9.17, 15) is 0 Å². The highest BCUT2D eigenvalue weighted by molar-refractivity contribution is 5.41. The van der Waals surface area contributed by atoms with Gasteiger partial charge in [0.05, 0.1) is 0 Å². The number of hydrogen-bond acceptors (Lipinski definition) is 3. The maximum atomic E-state index is 4.71. The van der Waals surface area contributed by atoms with Crippen molar-refractivity contribution in [1.29, 1.82) is 0 Å². The molecule has 0 radical (unpaired) electrons. The third-order valence-corrected chi connectivity index (χ3v) is 2.79. The highest BCUT2D eigenvalue weighted by atomic mass is 15.0. The Hall–Kier alpha value is -1.09. The smallest absolute Gasteiger partial charge is 0.126 e. The fourth-order valence-corrected chi connectivity index (χ4v) is 1.69. The lowest BCUT2D eigenvalue weighted by molar-refractivity contribution is 0.567. The van der Waals surface area contributed by atoms with Gasteiger partial charge in [0.15, 0.2) is 0 Å². The van der Waals surface area contributed by atoms with Gasteiger partial charge in [0.25, 0.3) is 0 Å². The largest absolute Gasteiger partial charge is 0.370 e. The van der Waals surface area contributed by atoms with Gasteiger partial charge in [-0.1, -0.05) is 34.6 Å². The Morgan fingerprint density at radius 1 is 1.17 bits per heavy atom. The molecule has 0 fully saturated rings. The highest BCUT2D eigenvalue weighted by Crippen LogP contribution is 2.23. The number of nitrogens with zero attached hydrogens (tertiary/aromatic N) is 1. The van der Waals surface area contributed by atoms with Crippen molar-refractivity contribution in [2.75, 3.05) is 18.4 Å². The molecule has 1 heterocycles. The first-order valence-corrected chi connectivity index (χ1v) is 6.93. The highest BCUT2D eigenvalue weighted by Gasteiger charge is 2.17. The summed E-state index contributed by atoms with van der Waals surface area (Å²) in [5, 5.41) is 6.76. The van der Waals surface area contributed by atoms with Gasteiger partial charge in [-0.2, -0.15) is 0 Å². The number of nitrogens with one attached hydrogen (secondary N) is 2. The van der Waals surface area contributed by atoms with Crippen LogP contribution in [0.2, 0.25) is 0 Å². The molecule has 2 N–H and O–H groups in total. The zero-order chi connectivity index (χ0) is 13.6. The van der Waals surface area contributed by atoms with Crippen molar-refractivity contribution in [2.45, 2.75) is 53.0 Å². The summed E-state index contributed by atoms with van der Waals surface area (Å²) in [6, 6.07) is 4.35. The molecule has 0 aromatic carbocycles. The lowest BCUT2D eigenvalue weighted by Crippen LogP contribution is -2.18. The van der Waals surface area contributed by atoms with E-state index in [1.165, 1.54) is 5.56 Å². The molecule has 0 bridgehead atoms. The van der Waals surface area contributed by atoms with Gasteiger partial charge < -0.3 is 10.6 Å². The predicted molar refractivity (Wildman–Crippen MR) is 79.1 cm³/mol. The maximum Gasteiger partial charge on any atom is 0.126 e. The zero-order valence-corrected chi connectivity index (χ0v) is 12.4. The Morgan fingerprint density at radius 2 is 1.89 bits per heavy atom. The van der Waals surface area contributed by atoms with Crippen LogP contribution in [0.5, 0.6) is 0 Å². The van der Waals surface area contributed by atoms with E-state index in [2.05, 4.69) is 57.4 Å². The van der Waals surface area contributed by atoms with Crippen molar-refractivity contribution >= 4 is 5.82 Å². The Balaban J connectivity index is 2.96. The van der Waals surface area contributed by atoms with Crippen LogP contribution in [0.15, 0.2) is 12.1 Å². The Kier molecular flexibility index (Phi) is 5.60. The van der Waals surface area contributed by atoms with Crippen LogP contribution in [0.4, 0.5) is 5.82 Å². The minimum Gasteiger partial charge on any atom is -0.370 e. The summed E-state index contributed by atoms with van der Waals surface area (Å²) in [7, 11) is 0. The SMILES string of the molecule is CCCNc1cc(CNCC)cc(C(C)(C)C)n1. The summed E-state index contributed by atoms with van der Waals surface area (Å²) in [4.78, 5) is 4.71. The average Bonchev–Trinajstić information content (AvgIpc) is 2.32. The molecule has 3 heteroatoms. The molecular weight excluding hydrogens is 222 g/mol. The fraction of sp³-hybridized carbons (Fsp3) is 0.667. The van der Waals surface area contributed by atoms with Crippen LogP contribution in [-0.4, -0.2) is 18.1 Å². The fourth-order valence-electron chi connectivity index (χ4n) is 1.69. The Morgan fingerprint density at radius 3 is 2.44 bits per heavy atom. The van der Waals surface area contributed by atoms with E-state index in [0.717, 1.165) is 37.6 Å². The van der Waals surface area contributed by atoms with Gasteiger partial charge in [0.2, 0.25) is 0 Å². The lowest BCUT2D eigenvalue weighted by Gasteiger charge is -2.20. The van der Waals surface area contributed by atoms with Gasteiger partial charge in [-0.15, -0.1) is 0 Å². The molecule has 1 aromatic rings. The third-order valence-electron chi connectivity index (χ3n) is 2.79. The van der Waals surface area contributed by atoms with Gasteiger partial charge >= 0.3 is 0 Å². The van der Waals surface area contributed by atoms with Gasteiger partial charge in [0, 0.05) is 24.2 Å². The van der Waals surface area contributed by atoms with Crippen LogP contribution >= 0.6 is 0 Å². The molecule has 0 atom stereocenters. The van der Waals surface area contributed by atoms with Crippen LogP contribution in [0.3, 0.4) is 0 Å². The molecule has 1 aromatic heterocycles. The van der Waals surface area contributed by atoms with E-state index >= 15 is 0 Å². The zero-order valence-electron chi connectivity index (χ0n) is 12.4. The van der Waals surface area contributed by atoms with E-state index < -0.39 is 0 Å². The number of aromatic nitrogens is 1.